The van der Waals surface area contributed by atoms with Gasteiger partial charge >= 0.3 is 0 Å². The number of oxazole rings is 1. The van der Waals surface area contributed by atoms with Gasteiger partial charge in [0.15, 0.2) is 5.58 Å². The highest BCUT2D eigenvalue weighted by Gasteiger charge is 2.14. The van der Waals surface area contributed by atoms with Crippen LogP contribution >= 0.6 is 0 Å². The average molecular weight is 319 g/mol. The Morgan fingerprint density at radius 3 is 2.46 bits per heavy atom. The molecule has 4 rings (SSSR count). The van der Waals surface area contributed by atoms with Gasteiger partial charge in [0.1, 0.15) is 17.1 Å². The Bertz CT molecular complexity index is 1020. The second kappa shape index (κ2) is 5.81. The molecule has 3 aromatic carbocycles. The van der Waals surface area contributed by atoms with Gasteiger partial charge in [-0.2, -0.15) is 0 Å². The Morgan fingerprint density at radius 2 is 1.67 bits per heavy atom. The quantitative estimate of drug-likeness (QED) is 0.513. The summed E-state index contributed by atoms with van der Waals surface area (Å²) in [5.41, 5.74) is 3.40. The van der Waals surface area contributed by atoms with E-state index in [0.29, 0.717) is 22.8 Å². The van der Waals surface area contributed by atoms with Gasteiger partial charge in [0, 0.05) is 5.56 Å². The largest absolute Gasteiger partial charge is 0.496 e. The summed E-state index contributed by atoms with van der Waals surface area (Å²) in [5, 5.41) is 0. The minimum Gasteiger partial charge on any atom is -0.496 e. The summed E-state index contributed by atoms with van der Waals surface area (Å²) < 4.78 is 25.2. The number of ether oxygens (including phenoxy) is 1. The average Bonchev–Trinajstić information content (AvgIpc) is 3.05. The number of rotatable bonds is 3. The van der Waals surface area contributed by atoms with Crippen LogP contribution in [0.4, 0.5) is 4.39 Å². The molecule has 4 heteroatoms. The third-order valence-electron chi connectivity index (χ3n) is 3.91. The second-order valence-corrected chi connectivity index (χ2v) is 5.38. The molecular weight excluding hydrogens is 305 g/mol. The molecule has 1 aromatic heterocycles. The van der Waals surface area contributed by atoms with Crippen LogP contribution < -0.4 is 4.74 Å². The highest BCUT2D eigenvalue weighted by Crippen LogP contribution is 2.33. The lowest BCUT2D eigenvalue weighted by molar-refractivity contribution is 0.414. The van der Waals surface area contributed by atoms with Gasteiger partial charge in [-0.05, 0) is 35.9 Å². The van der Waals surface area contributed by atoms with Crippen LogP contribution in [0.25, 0.3) is 33.7 Å². The zero-order valence-corrected chi connectivity index (χ0v) is 13.0. The SMILES string of the molecule is COc1ccccc1-c1nc2ccc(-c3ccccc3F)cc2o1. The summed E-state index contributed by atoms with van der Waals surface area (Å²) in [6.45, 7) is 0. The van der Waals surface area contributed by atoms with E-state index in [-0.39, 0.29) is 5.82 Å². The number of halogens is 1. The lowest BCUT2D eigenvalue weighted by Gasteiger charge is -2.03. The van der Waals surface area contributed by atoms with Crippen molar-refractivity contribution in [3.63, 3.8) is 0 Å². The molecule has 0 saturated carbocycles. The molecule has 118 valence electrons. The van der Waals surface area contributed by atoms with Crippen molar-refractivity contribution >= 4 is 11.1 Å². The Hall–Kier alpha value is -3.14. The first-order valence-electron chi connectivity index (χ1n) is 7.55. The number of methoxy groups -OCH3 is 1. The number of aromatic nitrogens is 1. The highest BCUT2D eigenvalue weighted by molar-refractivity contribution is 5.83. The first-order chi connectivity index (χ1) is 11.8. The molecule has 0 aliphatic carbocycles. The van der Waals surface area contributed by atoms with E-state index < -0.39 is 0 Å². The molecule has 3 nitrogen and oxygen atoms in total. The van der Waals surface area contributed by atoms with Crippen LogP contribution in [0.1, 0.15) is 0 Å². The summed E-state index contributed by atoms with van der Waals surface area (Å²) in [7, 11) is 1.61. The van der Waals surface area contributed by atoms with Crippen molar-refractivity contribution in [1.82, 2.24) is 4.98 Å². The maximum atomic E-state index is 14.0. The predicted octanol–water partition coefficient (Wildman–Crippen LogP) is 5.31. The van der Waals surface area contributed by atoms with E-state index in [0.717, 1.165) is 16.6 Å². The number of benzene rings is 3. The van der Waals surface area contributed by atoms with Crippen LogP contribution in [0.3, 0.4) is 0 Å². The minimum absolute atomic E-state index is 0.263. The number of hydrogen-bond donors (Lipinski definition) is 0. The van der Waals surface area contributed by atoms with Crippen LogP contribution in [-0.2, 0) is 0 Å². The van der Waals surface area contributed by atoms with Crippen LogP contribution in [0.2, 0.25) is 0 Å². The molecule has 0 radical (unpaired) electrons. The molecule has 0 aliphatic rings. The van der Waals surface area contributed by atoms with Crippen molar-refractivity contribution in [2.75, 3.05) is 7.11 Å². The topological polar surface area (TPSA) is 35.3 Å². The lowest BCUT2D eigenvalue weighted by Crippen LogP contribution is -1.86. The van der Waals surface area contributed by atoms with Gasteiger partial charge in [-0.3, -0.25) is 0 Å². The molecule has 0 aliphatic heterocycles. The van der Waals surface area contributed by atoms with E-state index in [1.807, 2.05) is 42.5 Å². The fourth-order valence-electron chi connectivity index (χ4n) is 2.72. The van der Waals surface area contributed by atoms with Crippen molar-refractivity contribution in [3.05, 3.63) is 72.5 Å². The van der Waals surface area contributed by atoms with Crippen LogP contribution in [0, 0.1) is 5.82 Å². The van der Waals surface area contributed by atoms with Crippen LogP contribution in [-0.4, -0.2) is 12.1 Å². The Morgan fingerprint density at radius 1 is 0.917 bits per heavy atom. The van der Waals surface area contributed by atoms with Crippen LogP contribution in [0.15, 0.2) is 71.1 Å². The summed E-state index contributed by atoms with van der Waals surface area (Å²) in [4.78, 5) is 4.51. The van der Waals surface area contributed by atoms with Crippen molar-refractivity contribution in [1.29, 1.82) is 0 Å². The van der Waals surface area contributed by atoms with Gasteiger partial charge in [0.05, 0.1) is 12.7 Å². The molecule has 0 unspecified atom stereocenters. The number of nitrogens with zero attached hydrogens (tertiary/aromatic N) is 1. The molecule has 0 N–H and O–H groups in total. The Balaban J connectivity index is 1.84. The minimum atomic E-state index is -0.263. The van der Waals surface area contributed by atoms with E-state index in [1.165, 1.54) is 6.07 Å². The van der Waals surface area contributed by atoms with Gasteiger partial charge < -0.3 is 9.15 Å². The van der Waals surface area contributed by atoms with Gasteiger partial charge in [-0.25, -0.2) is 9.37 Å². The molecule has 1 heterocycles. The van der Waals surface area contributed by atoms with Gasteiger partial charge in [0.25, 0.3) is 0 Å². The summed E-state index contributed by atoms with van der Waals surface area (Å²) in [5.74, 6) is 0.910. The standard InChI is InChI=1S/C20H14FNO2/c1-23-18-9-5-3-7-15(18)20-22-17-11-10-13(12-19(17)24-20)14-6-2-4-8-16(14)21/h2-12H,1H3. The molecule has 0 atom stereocenters. The zero-order valence-electron chi connectivity index (χ0n) is 13.0. The van der Waals surface area contributed by atoms with E-state index in [2.05, 4.69) is 4.98 Å². The normalized spacial score (nSPS) is 10.9. The highest BCUT2D eigenvalue weighted by atomic mass is 19.1. The van der Waals surface area contributed by atoms with E-state index in [9.17, 15) is 4.39 Å². The second-order valence-electron chi connectivity index (χ2n) is 5.38. The third kappa shape index (κ3) is 2.42. The summed E-state index contributed by atoms with van der Waals surface area (Å²) in [6, 6.07) is 19.7. The van der Waals surface area contributed by atoms with Gasteiger partial charge in [0.2, 0.25) is 5.89 Å². The maximum absolute atomic E-state index is 14.0. The maximum Gasteiger partial charge on any atom is 0.231 e. The molecule has 4 aromatic rings. The molecular formula is C20H14FNO2. The third-order valence-corrected chi connectivity index (χ3v) is 3.91. The number of para-hydroxylation sites is 1. The Kier molecular flexibility index (Phi) is 3.50. The summed E-state index contributed by atoms with van der Waals surface area (Å²) in [6.07, 6.45) is 0. The molecule has 0 fully saturated rings. The zero-order chi connectivity index (χ0) is 16.5. The van der Waals surface area contributed by atoms with Crippen molar-refractivity contribution in [3.8, 4) is 28.3 Å². The van der Waals surface area contributed by atoms with Gasteiger partial charge in [-0.1, -0.05) is 36.4 Å². The van der Waals surface area contributed by atoms with Crippen molar-refractivity contribution in [2.45, 2.75) is 0 Å². The number of hydrogen-bond acceptors (Lipinski definition) is 3. The molecule has 0 spiro atoms. The molecule has 24 heavy (non-hydrogen) atoms. The van der Waals surface area contributed by atoms with Crippen LogP contribution in [0.5, 0.6) is 5.75 Å². The lowest BCUT2D eigenvalue weighted by atomic mass is 10.1. The summed E-state index contributed by atoms with van der Waals surface area (Å²) >= 11 is 0. The molecule has 0 bridgehead atoms. The monoisotopic (exact) mass is 319 g/mol. The fraction of sp³-hybridized carbons (Fsp3) is 0.0500. The van der Waals surface area contributed by atoms with Crippen molar-refractivity contribution in [2.24, 2.45) is 0 Å². The molecule has 0 saturated heterocycles. The predicted molar refractivity (Wildman–Crippen MR) is 91.4 cm³/mol. The fourth-order valence-corrected chi connectivity index (χ4v) is 2.72. The van der Waals surface area contributed by atoms with Gasteiger partial charge in [-0.15, -0.1) is 0 Å². The van der Waals surface area contributed by atoms with E-state index >= 15 is 0 Å². The van der Waals surface area contributed by atoms with E-state index in [1.54, 1.807) is 25.3 Å². The first-order valence-corrected chi connectivity index (χ1v) is 7.55. The Labute approximate surface area is 138 Å². The van der Waals surface area contributed by atoms with E-state index in [4.69, 9.17) is 9.15 Å². The van der Waals surface area contributed by atoms with Crippen molar-refractivity contribution < 1.29 is 13.5 Å². The molecule has 0 amide bonds. The first kappa shape index (κ1) is 14.5. The smallest absolute Gasteiger partial charge is 0.231 e. The number of fused-ring (bicyclic) bond motifs is 1.